The standard InChI is InChI=1S/C24H21BrN4OS/c1-13(30)28-20-11-14-5-4-7-17-21(24(14)31-20)23(16-6-2-3-8-18(16)25)29-22(17)15-9-10-19(26)27-12-15/h2-3,6,8-12,23H,4-5,7H2,1H3,(H2,26,27)(H,28,30). The number of amides is 1. The first kappa shape index (κ1) is 20.2. The molecule has 0 fully saturated rings. The van der Waals surface area contributed by atoms with Gasteiger partial charge in [0.25, 0.3) is 0 Å². The van der Waals surface area contributed by atoms with Crippen molar-refractivity contribution in [2.75, 3.05) is 11.1 Å². The van der Waals surface area contributed by atoms with Gasteiger partial charge in [-0.3, -0.25) is 9.79 Å². The van der Waals surface area contributed by atoms with E-state index in [2.05, 4.69) is 44.4 Å². The van der Waals surface area contributed by atoms with Crippen LogP contribution < -0.4 is 11.1 Å². The van der Waals surface area contributed by atoms with E-state index in [1.165, 1.54) is 21.6 Å². The highest BCUT2D eigenvalue weighted by Crippen LogP contribution is 2.50. The first-order valence-corrected chi connectivity index (χ1v) is 11.8. The van der Waals surface area contributed by atoms with Crippen LogP contribution in [0.5, 0.6) is 0 Å². The van der Waals surface area contributed by atoms with Crippen LogP contribution in [0.15, 0.2) is 63.7 Å². The fraction of sp³-hybridized carbons (Fsp3) is 0.208. The summed E-state index contributed by atoms with van der Waals surface area (Å²) in [6.45, 7) is 1.55. The van der Waals surface area contributed by atoms with Crippen molar-refractivity contribution < 1.29 is 4.79 Å². The Morgan fingerprint density at radius 3 is 2.81 bits per heavy atom. The van der Waals surface area contributed by atoms with Gasteiger partial charge in [-0.05, 0) is 60.2 Å². The third-order valence-corrected chi connectivity index (χ3v) is 7.48. The van der Waals surface area contributed by atoms with E-state index in [1.807, 2.05) is 30.5 Å². The van der Waals surface area contributed by atoms with E-state index in [-0.39, 0.29) is 11.9 Å². The Morgan fingerprint density at radius 1 is 1.23 bits per heavy atom. The molecule has 5 nitrogen and oxygen atoms in total. The number of hydrogen-bond acceptors (Lipinski definition) is 5. The molecule has 1 atom stereocenters. The predicted octanol–water partition coefficient (Wildman–Crippen LogP) is 5.78. The predicted molar refractivity (Wildman–Crippen MR) is 131 cm³/mol. The summed E-state index contributed by atoms with van der Waals surface area (Å²) in [5, 5.41) is 3.85. The Bertz CT molecular complexity index is 1240. The van der Waals surface area contributed by atoms with Crippen LogP contribution in [-0.2, 0) is 11.2 Å². The number of halogens is 1. The van der Waals surface area contributed by atoms with E-state index in [4.69, 9.17) is 10.7 Å². The first-order chi connectivity index (χ1) is 15.0. The molecule has 2 aliphatic rings. The topological polar surface area (TPSA) is 80.4 Å². The maximum Gasteiger partial charge on any atom is 0.221 e. The lowest BCUT2D eigenvalue weighted by Crippen LogP contribution is -2.04. The Labute approximate surface area is 193 Å². The average Bonchev–Trinajstić information content (AvgIpc) is 3.25. The van der Waals surface area contributed by atoms with Gasteiger partial charge in [0, 0.05) is 33.6 Å². The number of aryl methyl sites for hydroxylation is 1. The van der Waals surface area contributed by atoms with Crippen molar-refractivity contribution in [2.24, 2.45) is 4.99 Å². The average molecular weight is 493 g/mol. The maximum absolute atomic E-state index is 11.7. The van der Waals surface area contributed by atoms with E-state index in [1.54, 1.807) is 18.3 Å². The minimum atomic E-state index is -0.112. The highest BCUT2D eigenvalue weighted by molar-refractivity contribution is 9.10. The lowest BCUT2D eigenvalue weighted by molar-refractivity contribution is -0.114. The molecule has 5 rings (SSSR count). The summed E-state index contributed by atoms with van der Waals surface area (Å²) >= 11 is 5.37. The van der Waals surface area contributed by atoms with Crippen LogP contribution in [0.2, 0.25) is 0 Å². The van der Waals surface area contributed by atoms with Crippen molar-refractivity contribution in [3.05, 3.63) is 80.3 Å². The van der Waals surface area contributed by atoms with Crippen LogP contribution in [0.1, 0.15) is 47.4 Å². The first-order valence-electron chi connectivity index (χ1n) is 10.2. The third-order valence-electron chi connectivity index (χ3n) is 5.63. The van der Waals surface area contributed by atoms with E-state index >= 15 is 0 Å². The van der Waals surface area contributed by atoms with Crippen LogP contribution in [-0.4, -0.2) is 16.6 Å². The number of fused-ring (bicyclic) bond motifs is 2. The third kappa shape index (κ3) is 3.72. The molecule has 0 spiro atoms. The van der Waals surface area contributed by atoms with Crippen molar-refractivity contribution >= 4 is 55.3 Å². The summed E-state index contributed by atoms with van der Waals surface area (Å²) in [4.78, 5) is 22.4. The second-order valence-corrected chi connectivity index (χ2v) is 9.67. The number of hydrogen-bond donors (Lipinski definition) is 2. The van der Waals surface area contributed by atoms with Gasteiger partial charge < -0.3 is 11.1 Å². The van der Waals surface area contributed by atoms with Gasteiger partial charge in [0.2, 0.25) is 5.91 Å². The van der Waals surface area contributed by atoms with E-state index < -0.39 is 0 Å². The smallest absolute Gasteiger partial charge is 0.221 e. The molecule has 2 aromatic heterocycles. The van der Waals surface area contributed by atoms with Gasteiger partial charge in [0.15, 0.2) is 0 Å². The summed E-state index contributed by atoms with van der Waals surface area (Å²) < 4.78 is 1.04. The number of aromatic nitrogens is 1. The Morgan fingerprint density at radius 2 is 2.06 bits per heavy atom. The number of carbonyl (C=O) groups is 1. The summed E-state index contributed by atoms with van der Waals surface area (Å²) in [7, 11) is 0. The molecule has 7 heteroatoms. The molecule has 1 aromatic carbocycles. The minimum Gasteiger partial charge on any atom is -0.384 e. The molecule has 1 aliphatic carbocycles. The van der Waals surface area contributed by atoms with Gasteiger partial charge in [-0.1, -0.05) is 34.1 Å². The normalized spacial score (nSPS) is 17.6. The molecule has 3 N–H and O–H groups in total. The van der Waals surface area contributed by atoms with Crippen molar-refractivity contribution in [1.82, 2.24) is 4.98 Å². The number of nitrogens with one attached hydrogen (secondary N) is 1. The molecule has 0 saturated carbocycles. The number of pyridine rings is 1. The van der Waals surface area contributed by atoms with Gasteiger partial charge in [-0.15, -0.1) is 11.3 Å². The number of rotatable bonds is 3. The molecule has 0 radical (unpaired) electrons. The summed E-state index contributed by atoms with van der Waals surface area (Å²) in [5.74, 6) is 0.449. The number of nitrogen functional groups attached to an aromatic ring is 1. The Hall–Kier alpha value is -2.77. The van der Waals surface area contributed by atoms with Crippen LogP contribution >= 0.6 is 27.3 Å². The molecule has 3 heterocycles. The second-order valence-electron chi connectivity index (χ2n) is 7.77. The zero-order chi connectivity index (χ0) is 21.5. The molecular formula is C24H21BrN4OS. The number of thiophene rings is 1. The van der Waals surface area contributed by atoms with Crippen molar-refractivity contribution in [3.8, 4) is 0 Å². The van der Waals surface area contributed by atoms with E-state index in [0.29, 0.717) is 5.82 Å². The highest BCUT2D eigenvalue weighted by atomic mass is 79.9. The Balaban J connectivity index is 1.71. The lowest BCUT2D eigenvalue weighted by Gasteiger charge is -2.15. The number of carbonyl (C=O) groups excluding carboxylic acids is 1. The molecule has 1 aliphatic heterocycles. The quantitative estimate of drug-likeness (QED) is 0.486. The summed E-state index contributed by atoms with van der Waals surface area (Å²) in [5.41, 5.74) is 12.7. The lowest BCUT2D eigenvalue weighted by atomic mass is 9.92. The minimum absolute atomic E-state index is 0.0516. The number of allylic oxidation sites excluding steroid dienone is 1. The van der Waals surface area contributed by atoms with Crippen molar-refractivity contribution in [3.63, 3.8) is 0 Å². The molecule has 0 saturated heterocycles. The van der Waals surface area contributed by atoms with Crippen molar-refractivity contribution in [2.45, 2.75) is 32.2 Å². The monoisotopic (exact) mass is 492 g/mol. The van der Waals surface area contributed by atoms with Gasteiger partial charge in [-0.2, -0.15) is 0 Å². The second kappa shape index (κ2) is 8.05. The van der Waals surface area contributed by atoms with Crippen LogP contribution in [0.4, 0.5) is 10.8 Å². The van der Waals surface area contributed by atoms with Gasteiger partial charge in [0.05, 0.1) is 10.7 Å². The number of nitrogens with two attached hydrogens (primary N) is 1. The van der Waals surface area contributed by atoms with Gasteiger partial charge >= 0.3 is 0 Å². The highest BCUT2D eigenvalue weighted by Gasteiger charge is 2.35. The van der Waals surface area contributed by atoms with Crippen molar-refractivity contribution in [1.29, 1.82) is 0 Å². The van der Waals surface area contributed by atoms with Gasteiger partial charge in [-0.25, -0.2) is 4.98 Å². The molecule has 156 valence electrons. The Kier molecular flexibility index (Phi) is 5.24. The number of nitrogens with zero attached hydrogens (tertiary/aromatic N) is 2. The van der Waals surface area contributed by atoms with Crippen LogP contribution in [0.3, 0.4) is 0 Å². The zero-order valence-electron chi connectivity index (χ0n) is 17.0. The van der Waals surface area contributed by atoms with E-state index in [9.17, 15) is 4.79 Å². The van der Waals surface area contributed by atoms with Gasteiger partial charge in [0.1, 0.15) is 11.9 Å². The molecule has 31 heavy (non-hydrogen) atoms. The summed E-state index contributed by atoms with van der Waals surface area (Å²) in [6.07, 6.45) is 4.78. The maximum atomic E-state index is 11.7. The SMILES string of the molecule is CC(=O)Nc1cc2c(s1)C1=C(CCC2)C(c2ccc(N)nc2)=NC1c1ccccc1Br. The molecule has 0 bridgehead atoms. The number of aliphatic imine (C=N–C) groups is 1. The van der Waals surface area contributed by atoms with Crippen LogP contribution in [0.25, 0.3) is 5.57 Å². The molecule has 1 amide bonds. The fourth-order valence-corrected chi connectivity index (χ4v) is 6.08. The summed E-state index contributed by atoms with van der Waals surface area (Å²) in [6, 6.07) is 14.1. The number of anilines is 2. The zero-order valence-corrected chi connectivity index (χ0v) is 19.4. The molecule has 3 aromatic rings. The largest absolute Gasteiger partial charge is 0.384 e. The van der Waals surface area contributed by atoms with E-state index in [0.717, 1.165) is 45.6 Å². The fourth-order valence-electron chi connectivity index (χ4n) is 4.33. The molecular weight excluding hydrogens is 472 g/mol. The molecule has 1 unspecified atom stereocenters. The van der Waals surface area contributed by atoms with Crippen LogP contribution in [0, 0.1) is 0 Å². The number of benzene rings is 1.